The van der Waals surface area contributed by atoms with Gasteiger partial charge in [0, 0.05) is 17.7 Å². The van der Waals surface area contributed by atoms with Crippen molar-refractivity contribution in [1.29, 1.82) is 0 Å². The highest BCUT2D eigenvalue weighted by molar-refractivity contribution is 5.89. The van der Waals surface area contributed by atoms with Gasteiger partial charge in [0.2, 0.25) is 0 Å². The molecule has 8 N–H and O–H groups in total. The molecule has 2 aromatic carbocycles. The van der Waals surface area contributed by atoms with Crippen LogP contribution >= 0.6 is 0 Å². The highest BCUT2D eigenvalue weighted by Crippen LogP contribution is 2.45. The summed E-state index contributed by atoms with van der Waals surface area (Å²) in [5.74, 6) is -0.699. The number of hydrogen-bond donors (Lipinski definition) is 8. The maximum atomic E-state index is 13.2. The normalized spacial score (nSPS) is 33.5. The lowest BCUT2D eigenvalue weighted by Gasteiger charge is -2.46. The molecule has 10 atom stereocenters. The molecule has 2 fully saturated rings. The van der Waals surface area contributed by atoms with Crippen LogP contribution in [0.25, 0.3) is 22.3 Å². The first-order valence-electron chi connectivity index (χ1n) is 13.1. The Hall–Kier alpha value is -3.31. The van der Waals surface area contributed by atoms with Crippen LogP contribution in [0.5, 0.6) is 17.2 Å². The molecule has 0 aliphatic carbocycles. The molecular weight excluding hydrogens is 560 g/mol. The molecule has 0 saturated carbocycles. The van der Waals surface area contributed by atoms with Crippen LogP contribution in [0.2, 0.25) is 0 Å². The highest BCUT2D eigenvalue weighted by Gasteiger charge is 2.51. The van der Waals surface area contributed by atoms with E-state index in [1.54, 1.807) is 24.3 Å². The number of fused-ring (bicyclic) bond motifs is 1. The van der Waals surface area contributed by atoms with Gasteiger partial charge in [-0.2, -0.15) is 0 Å². The van der Waals surface area contributed by atoms with E-state index in [0.29, 0.717) is 11.3 Å². The number of hydrogen-bond acceptors (Lipinski definition) is 14. The number of phenols is 2. The lowest BCUT2D eigenvalue weighted by Crippen LogP contribution is -2.61. The summed E-state index contributed by atoms with van der Waals surface area (Å²) in [6.07, 6.45) is -15.9. The largest absolute Gasteiger partial charge is 0.507 e. The van der Waals surface area contributed by atoms with Crippen molar-refractivity contribution in [3.05, 3.63) is 52.2 Å². The Morgan fingerprint density at radius 2 is 1.55 bits per heavy atom. The van der Waals surface area contributed by atoms with Gasteiger partial charge in [-0.3, -0.25) is 4.79 Å². The van der Waals surface area contributed by atoms with Crippen molar-refractivity contribution in [3.63, 3.8) is 0 Å². The van der Waals surface area contributed by atoms with Crippen LogP contribution in [0.3, 0.4) is 0 Å². The molecule has 2 aliphatic heterocycles. The van der Waals surface area contributed by atoms with E-state index in [9.17, 15) is 45.6 Å². The fourth-order valence-electron chi connectivity index (χ4n) is 5.25. The fourth-order valence-corrected chi connectivity index (χ4v) is 5.25. The summed E-state index contributed by atoms with van der Waals surface area (Å²) in [5, 5.41) is 83.7. The van der Waals surface area contributed by atoms with Gasteiger partial charge in [-0.25, -0.2) is 0 Å². The Morgan fingerprint density at radius 3 is 2.19 bits per heavy atom. The molecule has 2 saturated heterocycles. The van der Waals surface area contributed by atoms with E-state index in [2.05, 4.69) is 0 Å². The van der Waals surface area contributed by atoms with Crippen molar-refractivity contribution in [3.8, 4) is 28.6 Å². The summed E-state index contributed by atoms with van der Waals surface area (Å²) in [5.41, 5.74) is -0.891. The molecule has 42 heavy (non-hydrogen) atoms. The Bertz CT molecular complexity index is 1470. The van der Waals surface area contributed by atoms with Crippen LogP contribution in [-0.4, -0.2) is 110 Å². The first kappa shape index (κ1) is 30.2. The number of ether oxygens (including phenoxy) is 4. The second kappa shape index (κ2) is 11.8. The van der Waals surface area contributed by atoms with Crippen LogP contribution in [0.15, 0.2) is 45.6 Å². The third kappa shape index (κ3) is 5.21. The lowest BCUT2D eigenvalue weighted by molar-refractivity contribution is -0.338. The van der Waals surface area contributed by atoms with Crippen molar-refractivity contribution in [2.24, 2.45) is 0 Å². The summed E-state index contributed by atoms with van der Waals surface area (Å²) in [6, 6.07) is 8.47. The molecule has 0 spiro atoms. The second-order valence-corrected chi connectivity index (χ2v) is 10.3. The summed E-state index contributed by atoms with van der Waals surface area (Å²) >= 11 is 0. The molecule has 14 heteroatoms. The molecule has 0 radical (unpaired) electrons. The van der Waals surface area contributed by atoms with Crippen LogP contribution in [0.4, 0.5) is 0 Å². The van der Waals surface area contributed by atoms with Gasteiger partial charge >= 0.3 is 0 Å². The monoisotopic (exact) mass is 592 g/mol. The quantitative estimate of drug-likeness (QED) is 0.176. The summed E-state index contributed by atoms with van der Waals surface area (Å²) in [4.78, 5) is 13.2. The van der Waals surface area contributed by atoms with E-state index in [4.69, 9.17) is 23.4 Å². The molecule has 2 aliphatic rings. The van der Waals surface area contributed by atoms with Crippen molar-refractivity contribution in [2.45, 2.75) is 68.1 Å². The second-order valence-electron chi connectivity index (χ2n) is 10.3. The van der Waals surface area contributed by atoms with Crippen LogP contribution in [0.1, 0.15) is 18.6 Å². The van der Waals surface area contributed by atoms with Crippen molar-refractivity contribution >= 4 is 11.0 Å². The fraction of sp³-hybridized carbons (Fsp3) is 0.464. The third-order valence-electron chi connectivity index (χ3n) is 7.62. The topological polar surface area (TPSA) is 229 Å². The number of aliphatic hydroxyl groups excluding tert-OH is 6. The van der Waals surface area contributed by atoms with Crippen molar-refractivity contribution < 1.29 is 64.2 Å². The first-order valence-corrected chi connectivity index (χ1v) is 13.1. The van der Waals surface area contributed by atoms with E-state index >= 15 is 0 Å². The average molecular weight is 593 g/mol. The smallest absolute Gasteiger partial charge is 0.197 e. The molecule has 14 nitrogen and oxygen atoms in total. The minimum Gasteiger partial charge on any atom is -0.507 e. The first-order chi connectivity index (χ1) is 20.0. The van der Waals surface area contributed by atoms with E-state index < -0.39 is 84.8 Å². The van der Waals surface area contributed by atoms with Crippen LogP contribution in [-0.2, 0) is 14.2 Å². The predicted octanol–water partition coefficient (Wildman–Crippen LogP) is -0.754. The Kier molecular flexibility index (Phi) is 8.44. The van der Waals surface area contributed by atoms with E-state index in [0.717, 1.165) is 12.1 Å². The van der Waals surface area contributed by atoms with Crippen LogP contribution in [0, 0.1) is 0 Å². The number of aliphatic hydroxyl groups is 6. The number of methoxy groups -OCH3 is 1. The summed E-state index contributed by atoms with van der Waals surface area (Å²) < 4.78 is 28.4. The van der Waals surface area contributed by atoms with Gasteiger partial charge in [0.15, 0.2) is 17.3 Å². The number of phenolic OH excluding ortho intramolecular Hbond substituents is 2. The van der Waals surface area contributed by atoms with E-state index in [-0.39, 0.29) is 22.3 Å². The van der Waals surface area contributed by atoms with Crippen molar-refractivity contribution in [2.75, 3.05) is 13.7 Å². The molecule has 3 heterocycles. The minimum atomic E-state index is -1.84. The highest BCUT2D eigenvalue weighted by atomic mass is 16.7. The van der Waals surface area contributed by atoms with Gasteiger partial charge in [-0.15, -0.1) is 0 Å². The number of aromatic hydroxyl groups is 2. The maximum Gasteiger partial charge on any atom is 0.197 e. The lowest BCUT2D eigenvalue weighted by atomic mass is 9.89. The van der Waals surface area contributed by atoms with Gasteiger partial charge in [0.1, 0.15) is 77.2 Å². The maximum absolute atomic E-state index is 13.2. The molecule has 228 valence electrons. The minimum absolute atomic E-state index is 0.0333. The number of rotatable bonds is 6. The Balaban J connectivity index is 1.66. The SMILES string of the molecule is COc1ccc(-c2cc(=O)c3c(O)cc(O)c([C@@H]4O[C@H](CO)[C@@H](O)[C@H](O)[C@H]4O[C@@H]4O[C@@H](C)[C@H](O)[C@H](O)[C@H]4O)c3o2)cc1. The number of benzene rings is 2. The summed E-state index contributed by atoms with van der Waals surface area (Å²) in [7, 11) is 1.48. The van der Waals surface area contributed by atoms with Gasteiger partial charge in [0.25, 0.3) is 0 Å². The molecular formula is C28H32O14. The van der Waals surface area contributed by atoms with Crippen LogP contribution < -0.4 is 10.2 Å². The standard InChI is InChI=1S/C28H32O14/c1-10-20(33)22(35)24(37)28(39-10)42-27-23(36)21(34)17(9-29)41-26(27)19-14(31)7-13(30)18-15(32)8-16(40-25(18)19)11-3-5-12(38-2)6-4-11/h3-8,10,17,20-24,26-31,33-37H,9H2,1-2H3/t10-,17+,20-,21+,22-,23-,24+,26-,27+,28-/m0/s1. The van der Waals surface area contributed by atoms with E-state index in [1.807, 2.05) is 0 Å². The third-order valence-corrected chi connectivity index (χ3v) is 7.62. The molecule has 5 rings (SSSR count). The molecule has 0 bridgehead atoms. The van der Waals surface area contributed by atoms with E-state index in [1.165, 1.54) is 14.0 Å². The zero-order chi connectivity index (χ0) is 30.5. The van der Waals surface area contributed by atoms with Gasteiger partial charge in [0.05, 0.1) is 25.4 Å². The predicted molar refractivity (Wildman–Crippen MR) is 142 cm³/mol. The Labute approximate surface area is 238 Å². The Morgan fingerprint density at radius 1 is 0.857 bits per heavy atom. The molecule has 0 unspecified atom stereocenters. The van der Waals surface area contributed by atoms with Crippen molar-refractivity contribution in [1.82, 2.24) is 0 Å². The molecule has 1 aromatic heterocycles. The average Bonchev–Trinajstić information content (AvgIpc) is 2.97. The molecule has 3 aromatic rings. The zero-order valence-corrected chi connectivity index (χ0v) is 22.5. The van der Waals surface area contributed by atoms with Gasteiger partial charge in [-0.05, 0) is 31.2 Å². The molecule has 0 amide bonds. The van der Waals surface area contributed by atoms with Gasteiger partial charge < -0.3 is 64.2 Å². The zero-order valence-electron chi connectivity index (χ0n) is 22.5. The summed E-state index contributed by atoms with van der Waals surface area (Å²) in [6.45, 7) is 0.635. The van der Waals surface area contributed by atoms with Gasteiger partial charge in [-0.1, -0.05) is 0 Å².